The van der Waals surface area contributed by atoms with E-state index in [2.05, 4.69) is 15.1 Å². The molecule has 0 saturated heterocycles. The Bertz CT molecular complexity index is 408. The number of aromatic nitrogens is 3. The van der Waals surface area contributed by atoms with E-state index in [1.54, 1.807) is 11.3 Å². The van der Waals surface area contributed by atoms with Crippen LogP contribution < -0.4 is 5.73 Å². The number of nitrogens with two attached hydrogens (primary N) is 1. The van der Waals surface area contributed by atoms with Crippen LogP contribution in [-0.4, -0.2) is 15.1 Å². The molecule has 0 aliphatic rings. The largest absolute Gasteiger partial charge is 0.332 e. The minimum atomic E-state index is 0.284. The highest BCUT2D eigenvalue weighted by Crippen LogP contribution is 2.19. The number of thiazole rings is 1. The van der Waals surface area contributed by atoms with Gasteiger partial charge in [-0.2, -0.15) is 4.98 Å². The molecule has 2 aromatic rings. The smallest absolute Gasteiger partial charge is 0.277 e. The molecule has 0 fully saturated rings. The lowest BCUT2D eigenvalue weighted by atomic mass is 10.5. The summed E-state index contributed by atoms with van der Waals surface area (Å²) in [6.45, 7) is 2.21. The van der Waals surface area contributed by atoms with E-state index >= 15 is 0 Å². The number of hydrogen-bond donors (Lipinski definition) is 1. The second-order valence-electron chi connectivity index (χ2n) is 2.47. The Labute approximate surface area is 78.6 Å². The highest BCUT2D eigenvalue weighted by molar-refractivity contribution is 7.09. The minimum Gasteiger partial charge on any atom is -0.332 e. The molecule has 0 spiro atoms. The van der Waals surface area contributed by atoms with Gasteiger partial charge in [-0.3, -0.25) is 0 Å². The summed E-state index contributed by atoms with van der Waals surface area (Å²) in [6.07, 6.45) is 0. The zero-order valence-electron chi connectivity index (χ0n) is 7.02. The molecule has 0 unspecified atom stereocenters. The van der Waals surface area contributed by atoms with Gasteiger partial charge in [0.2, 0.25) is 0 Å². The third-order valence-corrected chi connectivity index (χ3v) is 2.26. The van der Waals surface area contributed by atoms with Gasteiger partial charge >= 0.3 is 0 Å². The van der Waals surface area contributed by atoms with Crippen molar-refractivity contribution in [2.24, 2.45) is 5.73 Å². The first-order valence-electron chi connectivity index (χ1n) is 3.75. The van der Waals surface area contributed by atoms with E-state index < -0.39 is 0 Å². The van der Waals surface area contributed by atoms with Gasteiger partial charge in [-0.1, -0.05) is 5.16 Å². The number of aryl methyl sites for hydroxylation is 1. The molecule has 2 rings (SSSR count). The Balaban J connectivity index is 2.35. The zero-order chi connectivity index (χ0) is 9.26. The molecule has 2 aromatic heterocycles. The van der Waals surface area contributed by atoms with E-state index in [0.717, 1.165) is 10.7 Å². The van der Waals surface area contributed by atoms with Gasteiger partial charge in [0.05, 0.1) is 11.6 Å². The fourth-order valence-corrected chi connectivity index (χ4v) is 1.49. The Morgan fingerprint density at radius 1 is 1.54 bits per heavy atom. The molecule has 0 bridgehead atoms. The first-order valence-corrected chi connectivity index (χ1v) is 4.62. The fourth-order valence-electron chi connectivity index (χ4n) is 0.903. The van der Waals surface area contributed by atoms with Crippen LogP contribution in [0.3, 0.4) is 0 Å². The summed E-state index contributed by atoms with van der Waals surface area (Å²) >= 11 is 1.55. The lowest BCUT2D eigenvalue weighted by molar-refractivity contribution is 0.422. The second-order valence-corrected chi connectivity index (χ2v) is 3.53. The van der Waals surface area contributed by atoms with Crippen molar-refractivity contribution in [2.45, 2.75) is 13.5 Å². The monoisotopic (exact) mass is 196 g/mol. The zero-order valence-corrected chi connectivity index (χ0v) is 7.84. The molecule has 0 aliphatic carbocycles. The van der Waals surface area contributed by atoms with Crippen LogP contribution in [-0.2, 0) is 6.54 Å². The maximum Gasteiger partial charge on any atom is 0.277 e. The third-order valence-electron chi connectivity index (χ3n) is 1.49. The highest BCUT2D eigenvalue weighted by atomic mass is 32.1. The van der Waals surface area contributed by atoms with E-state index in [1.807, 2.05) is 12.3 Å². The lowest BCUT2D eigenvalue weighted by Gasteiger charge is -1.82. The molecule has 0 amide bonds. The topological polar surface area (TPSA) is 77.8 Å². The van der Waals surface area contributed by atoms with Gasteiger partial charge in [0.1, 0.15) is 5.69 Å². The van der Waals surface area contributed by atoms with Crippen LogP contribution >= 0.6 is 11.3 Å². The van der Waals surface area contributed by atoms with Crippen molar-refractivity contribution >= 4 is 11.3 Å². The van der Waals surface area contributed by atoms with Crippen molar-refractivity contribution in [2.75, 3.05) is 0 Å². The predicted molar refractivity (Wildman–Crippen MR) is 48.0 cm³/mol. The molecular weight excluding hydrogens is 188 g/mol. The van der Waals surface area contributed by atoms with Crippen molar-refractivity contribution in [1.29, 1.82) is 0 Å². The number of rotatable bonds is 2. The van der Waals surface area contributed by atoms with Crippen molar-refractivity contribution in [3.05, 3.63) is 16.2 Å². The molecule has 0 saturated carbocycles. The summed E-state index contributed by atoms with van der Waals surface area (Å²) in [5.41, 5.74) is 6.06. The summed E-state index contributed by atoms with van der Waals surface area (Å²) < 4.78 is 4.96. The predicted octanol–water partition coefficient (Wildman–Crippen LogP) is 0.960. The van der Waals surface area contributed by atoms with Gasteiger partial charge < -0.3 is 10.3 Å². The molecule has 13 heavy (non-hydrogen) atoms. The van der Waals surface area contributed by atoms with Gasteiger partial charge in [0, 0.05) is 5.38 Å². The van der Waals surface area contributed by atoms with Gasteiger partial charge in [0.15, 0.2) is 5.82 Å². The fraction of sp³-hybridized carbons (Fsp3) is 0.286. The first-order chi connectivity index (χ1) is 6.29. The normalized spacial score (nSPS) is 10.6. The molecule has 68 valence electrons. The highest BCUT2D eigenvalue weighted by Gasteiger charge is 2.09. The number of nitrogens with zero attached hydrogens (tertiary/aromatic N) is 3. The van der Waals surface area contributed by atoms with E-state index in [1.165, 1.54) is 0 Å². The third kappa shape index (κ3) is 1.58. The average molecular weight is 196 g/mol. The SMILES string of the molecule is Cc1nc(-c2nc(CN)no2)cs1. The maximum absolute atomic E-state index is 5.34. The standard InChI is InChI=1S/C7H8N4OS/c1-4-9-5(3-13-4)7-10-6(2-8)11-12-7/h3H,2,8H2,1H3. The Hall–Kier alpha value is -1.27. The molecule has 0 atom stereocenters. The molecule has 2 N–H and O–H groups in total. The van der Waals surface area contributed by atoms with Gasteiger partial charge in [-0.25, -0.2) is 4.98 Å². The molecule has 0 aliphatic heterocycles. The average Bonchev–Trinajstić information content (AvgIpc) is 2.71. The van der Waals surface area contributed by atoms with Crippen molar-refractivity contribution < 1.29 is 4.52 Å². The van der Waals surface area contributed by atoms with Gasteiger partial charge in [-0.15, -0.1) is 11.3 Å². The Morgan fingerprint density at radius 2 is 2.38 bits per heavy atom. The van der Waals surface area contributed by atoms with Gasteiger partial charge in [-0.05, 0) is 6.92 Å². The number of hydrogen-bond acceptors (Lipinski definition) is 6. The maximum atomic E-state index is 5.34. The van der Waals surface area contributed by atoms with E-state index in [0.29, 0.717) is 11.7 Å². The molecule has 2 heterocycles. The van der Waals surface area contributed by atoms with E-state index in [4.69, 9.17) is 10.3 Å². The Kier molecular flexibility index (Phi) is 2.07. The molecule has 0 aromatic carbocycles. The quantitative estimate of drug-likeness (QED) is 0.774. The van der Waals surface area contributed by atoms with E-state index in [-0.39, 0.29) is 6.54 Å². The Morgan fingerprint density at radius 3 is 2.92 bits per heavy atom. The summed E-state index contributed by atoms with van der Waals surface area (Å²) in [5.74, 6) is 0.936. The van der Waals surface area contributed by atoms with Crippen molar-refractivity contribution in [3.8, 4) is 11.6 Å². The van der Waals surface area contributed by atoms with Crippen LogP contribution in [0.1, 0.15) is 10.8 Å². The van der Waals surface area contributed by atoms with Crippen LogP contribution in [0, 0.1) is 6.92 Å². The van der Waals surface area contributed by atoms with E-state index in [9.17, 15) is 0 Å². The van der Waals surface area contributed by atoms with Crippen molar-refractivity contribution in [3.63, 3.8) is 0 Å². The van der Waals surface area contributed by atoms with Crippen LogP contribution in [0.5, 0.6) is 0 Å². The molecule has 6 heteroatoms. The molecule has 5 nitrogen and oxygen atoms in total. The molecular formula is C7H8N4OS. The van der Waals surface area contributed by atoms with Crippen molar-refractivity contribution in [1.82, 2.24) is 15.1 Å². The second kappa shape index (κ2) is 3.23. The summed E-state index contributed by atoms with van der Waals surface area (Å²) in [7, 11) is 0. The summed E-state index contributed by atoms with van der Waals surface area (Å²) in [4.78, 5) is 8.26. The van der Waals surface area contributed by atoms with Crippen LogP contribution in [0.15, 0.2) is 9.90 Å². The van der Waals surface area contributed by atoms with Crippen LogP contribution in [0.4, 0.5) is 0 Å². The minimum absolute atomic E-state index is 0.284. The first kappa shape index (κ1) is 8.33. The summed E-state index contributed by atoms with van der Waals surface area (Å²) in [5, 5.41) is 6.53. The lowest BCUT2D eigenvalue weighted by Crippen LogP contribution is -1.97. The summed E-state index contributed by atoms with van der Waals surface area (Å²) in [6, 6.07) is 0. The van der Waals surface area contributed by atoms with Crippen LogP contribution in [0.2, 0.25) is 0 Å². The van der Waals surface area contributed by atoms with Gasteiger partial charge in [0.25, 0.3) is 5.89 Å². The molecule has 0 radical (unpaired) electrons. The van der Waals surface area contributed by atoms with Crippen LogP contribution in [0.25, 0.3) is 11.6 Å².